The van der Waals surface area contributed by atoms with Gasteiger partial charge >= 0.3 is 0 Å². The van der Waals surface area contributed by atoms with Crippen molar-refractivity contribution in [2.45, 2.75) is 6.54 Å². The first-order chi connectivity index (χ1) is 10.8. The summed E-state index contributed by atoms with van der Waals surface area (Å²) in [6.07, 6.45) is 6.06. The van der Waals surface area contributed by atoms with E-state index in [0.717, 1.165) is 30.9 Å². The van der Waals surface area contributed by atoms with E-state index in [1.54, 1.807) is 23.5 Å². The molecule has 0 atom stereocenters. The Bertz CT molecular complexity index is 614. The van der Waals surface area contributed by atoms with Crippen molar-refractivity contribution in [2.24, 2.45) is 0 Å². The van der Waals surface area contributed by atoms with Crippen molar-refractivity contribution in [1.82, 2.24) is 25.1 Å². The van der Waals surface area contributed by atoms with Gasteiger partial charge in [-0.25, -0.2) is 0 Å². The van der Waals surface area contributed by atoms with Crippen molar-refractivity contribution >= 4 is 18.2 Å². The molecule has 114 valence electrons. The Balaban J connectivity index is 1.61. The Hall–Kier alpha value is -2.77. The van der Waals surface area contributed by atoms with Crippen molar-refractivity contribution in [3.05, 3.63) is 36.3 Å². The predicted octanol–water partition coefficient (Wildman–Crippen LogP) is 0.157. The van der Waals surface area contributed by atoms with E-state index in [2.05, 4.69) is 30.4 Å². The van der Waals surface area contributed by atoms with Gasteiger partial charge in [0.25, 0.3) is 0 Å². The molecule has 8 nitrogen and oxygen atoms in total. The maximum Gasteiger partial charge on any atom is 0.244 e. The monoisotopic (exact) mass is 299 g/mol. The summed E-state index contributed by atoms with van der Waals surface area (Å²) >= 11 is 0. The third kappa shape index (κ3) is 3.46. The molecule has 3 heterocycles. The maximum absolute atomic E-state index is 10.7. The second-order valence-electron chi connectivity index (χ2n) is 4.98. The highest BCUT2D eigenvalue weighted by atomic mass is 16.1. The first-order valence-corrected chi connectivity index (χ1v) is 7.12. The van der Waals surface area contributed by atoms with Gasteiger partial charge in [-0.3, -0.25) is 9.78 Å². The highest BCUT2D eigenvalue weighted by molar-refractivity contribution is 5.49. The molecule has 0 saturated carbocycles. The van der Waals surface area contributed by atoms with Gasteiger partial charge in [0.15, 0.2) is 5.82 Å². The normalized spacial score (nSPS) is 14.7. The SMILES string of the molecule is O=CN1CCN(c2cnnc(NCc3cccnc3)n2)CC1. The number of carbonyl (C=O) groups is 1. The summed E-state index contributed by atoms with van der Waals surface area (Å²) < 4.78 is 0. The zero-order chi connectivity index (χ0) is 15.2. The zero-order valence-electron chi connectivity index (χ0n) is 12.1. The second-order valence-corrected chi connectivity index (χ2v) is 4.98. The van der Waals surface area contributed by atoms with E-state index >= 15 is 0 Å². The molecule has 0 unspecified atom stereocenters. The van der Waals surface area contributed by atoms with Crippen LogP contribution < -0.4 is 10.2 Å². The third-order valence-corrected chi connectivity index (χ3v) is 3.51. The molecular weight excluding hydrogens is 282 g/mol. The van der Waals surface area contributed by atoms with E-state index < -0.39 is 0 Å². The number of rotatable bonds is 5. The van der Waals surface area contributed by atoms with Gasteiger partial charge in [0, 0.05) is 45.1 Å². The number of hydrogen-bond acceptors (Lipinski definition) is 7. The number of amides is 1. The van der Waals surface area contributed by atoms with Gasteiger partial charge in [-0.05, 0) is 11.6 Å². The minimum absolute atomic E-state index is 0.485. The maximum atomic E-state index is 10.7. The fourth-order valence-electron chi connectivity index (χ4n) is 2.26. The third-order valence-electron chi connectivity index (χ3n) is 3.51. The number of piperazine rings is 1. The zero-order valence-corrected chi connectivity index (χ0v) is 12.1. The van der Waals surface area contributed by atoms with Crippen molar-refractivity contribution in [3.8, 4) is 0 Å². The lowest BCUT2D eigenvalue weighted by Crippen LogP contribution is -2.46. The van der Waals surface area contributed by atoms with Crippen molar-refractivity contribution < 1.29 is 4.79 Å². The fourth-order valence-corrected chi connectivity index (χ4v) is 2.26. The summed E-state index contributed by atoms with van der Waals surface area (Å²) in [5.41, 5.74) is 1.05. The summed E-state index contributed by atoms with van der Waals surface area (Å²) in [7, 11) is 0. The number of hydrogen-bond donors (Lipinski definition) is 1. The van der Waals surface area contributed by atoms with Crippen LogP contribution in [0.4, 0.5) is 11.8 Å². The Morgan fingerprint density at radius 3 is 2.82 bits per heavy atom. The molecule has 0 aliphatic carbocycles. The summed E-state index contributed by atoms with van der Waals surface area (Å²) in [6, 6.07) is 3.87. The molecule has 22 heavy (non-hydrogen) atoms. The lowest BCUT2D eigenvalue weighted by atomic mass is 10.3. The quantitative estimate of drug-likeness (QED) is 0.787. The molecule has 0 bridgehead atoms. The highest BCUT2D eigenvalue weighted by Gasteiger charge is 2.17. The molecule has 1 amide bonds. The molecule has 1 aliphatic rings. The predicted molar refractivity (Wildman–Crippen MR) is 81.2 cm³/mol. The average Bonchev–Trinajstić information content (AvgIpc) is 2.61. The Morgan fingerprint density at radius 2 is 2.09 bits per heavy atom. The van der Waals surface area contributed by atoms with Crippen LogP contribution in [0, 0.1) is 0 Å². The van der Waals surface area contributed by atoms with Gasteiger partial charge in [-0.1, -0.05) is 6.07 Å². The van der Waals surface area contributed by atoms with Gasteiger partial charge in [0.1, 0.15) is 0 Å². The number of carbonyl (C=O) groups excluding carboxylic acids is 1. The van der Waals surface area contributed by atoms with Crippen LogP contribution in [-0.2, 0) is 11.3 Å². The Kier molecular flexibility index (Phi) is 4.38. The largest absolute Gasteiger partial charge is 0.352 e. The molecule has 2 aromatic heterocycles. The summed E-state index contributed by atoms with van der Waals surface area (Å²) in [6.45, 7) is 3.49. The lowest BCUT2D eigenvalue weighted by molar-refractivity contribution is -0.118. The van der Waals surface area contributed by atoms with Gasteiger partial charge in [0.05, 0.1) is 6.20 Å². The highest BCUT2D eigenvalue weighted by Crippen LogP contribution is 2.13. The smallest absolute Gasteiger partial charge is 0.244 e. The average molecular weight is 299 g/mol. The van der Waals surface area contributed by atoms with Gasteiger partial charge in [0.2, 0.25) is 12.4 Å². The number of pyridine rings is 1. The van der Waals surface area contributed by atoms with Crippen LogP contribution in [0.3, 0.4) is 0 Å². The molecule has 3 rings (SSSR count). The van der Waals surface area contributed by atoms with Crippen LogP contribution in [-0.4, -0.2) is 57.7 Å². The second kappa shape index (κ2) is 6.79. The van der Waals surface area contributed by atoms with Crippen molar-refractivity contribution in [3.63, 3.8) is 0 Å². The number of anilines is 2. The van der Waals surface area contributed by atoms with Crippen molar-refractivity contribution in [2.75, 3.05) is 36.4 Å². The molecule has 0 radical (unpaired) electrons. The number of nitrogens with one attached hydrogen (secondary N) is 1. The van der Waals surface area contributed by atoms with E-state index in [1.165, 1.54) is 0 Å². The Morgan fingerprint density at radius 1 is 1.23 bits per heavy atom. The minimum atomic E-state index is 0.485. The van der Waals surface area contributed by atoms with E-state index in [0.29, 0.717) is 25.6 Å². The minimum Gasteiger partial charge on any atom is -0.352 e. The van der Waals surface area contributed by atoms with Gasteiger partial charge in [-0.2, -0.15) is 10.1 Å². The van der Waals surface area contributed by atoms with Gasteiger partial charge in [-0.15, -0.1) is 5.10 Å². The molecule has 0 aromatic carbocycles. The van der Waals surface area contributed by atoms with E-state index in [9.17, 15) is 4.79 Å². The van der Waals surface area contributed by atoms with Crippen LogP contribution in [0.2, 0.25) is 0 Å². The van der Waals surface area contributed by atoms with Crippen LogP contribution in [0.1, 0.15) is 5.56 Å². The van der Waals surface area contributed by atoms with Crippen LogP contribution in [0.25, 0.3) is 0 Å². The lowest BCUT2D eigenvalue weighted by Gasteiger charge is -2.33. The van der Waals surface area contributed by atoms with Gasteiger partial charge < -0.3 is 15.1 Å². The topological polar surface area (TPSA) is 87.1 Å². The fraction of sp³-hybridized carbons (Fsp3) is 0.357. The molecule has 0 spiro atoms. The molecule has 1 fully saturated rings. The van der Waals surface area contributed by atoms with E-state index in [4.69, 9.17) is 0 Å². The van der Waals surface area contributed by atoms with Crippen LogP contribution in [0.5, 0.6) is 0 Å². The Labute approximate surface area is 128 Å². The molecule has 2 aromatic rings. The van der Waals surface area contributed by atoms with Crippen LogP contribution in [0.15, 0.2) is 30.7 Å². The summed E-state index contributed by atoms with van der Waals surface area (Å²) in [5.74, 6) is 1.26. The standard InChI is InChI=1S/C14H17N7O/c22-11-20-4-6-21(7-5-20)13-10-17-19-14(18-13)16-9-12-2-1-3-15-8-12/h1-3,8,10-11H,4-7,9H2,(H,16,18,19). The first kappa shape index (κ1) is 14.2. The molecule has 1 N–H and O–H groups in total. The van der Waals surface area contributed by atoms with Crippen molar-refractivity contribution in [1.29, 1.82) is 0 Å². The molecule has 8 heteroatoms. The summed E-state index contributed by atoms with van der Waals surface area (Å²) in [5, 5.41) is 11.1. The molecular formula is C14H17N7O. The van der Waals surface area contributed by atoms with E-state index in [-0.39, 0.29) is 0 Å². The van der Waals surface area contributed by atoms with Crippen LogP contribution >= 0.6 is 0 Å². The number of aromatic nitrogens is 4. The molecule has 1 saturated heterocycles. The molecule has 1 aliphatic heterocycles. The first-order valence-electron chi connectivity index (χ1n) is 7.12. The summed E-state index contributed by atoms with van der Waals surface area (Å²) in [4.78, 5) is 23.1. The number of nitrogens with zero attached hydrogens (tertiary/aromatic N) is 6. The van der Waals surface area contributed by atoms with E-state index in [1.807, 2.05) is 12.1 Å².